The number of benzene rings is 1. The summed E-state index contributed by atoms with van der Waals surface area (Å²) in [6.45, 7) is 1.51. The Morgan fingerprint density at radius 3 is 2.74 bits per heavy atom. The SMILES string of the molecule is CC[C@@](O)(C(=O)O)[C@@H]1OC(=O)c2ccc(OC)cc21. The lowest BCUT2D eigenvalue weighted by Gasteiger charge is -2.27. The van der Waals surface area contributed by atoms with Gasteiger partial charge in [-0.1, -0.05) is 6.92 Å². The molecule has 0 saturated heterocycles. The standard InChI is InChI=1S/C13H14O6/c1-3-13(17,12(15)16)10-9-6-7(18-2)4-5-8(9)11(14)19-10/h4-6,10,17H,3H2,1-2H3,(H,15,16)/t10-,13+/m1/s1. The van der Waals surface area contributed by atoms with Gasteiger partial charge in [-0.05, 0) is 24.6 Å². The molecule has 19 heavy (non-hydrogen) atoms. The molecule has 1 aliphatic rings. The number of carbonyl (C=O) groups is 2. The molecule has 0 spiro atoms. The number of methoxy groups -OCH3 is 1. The molecule has 0 bridgehead atoms. The van der Waals surface area contributed by atoms with Crippen molar-refractivity contribution in [1.29, 1.82) is 0 Å². The Labute approximate surface area is 109 Å². The zero-order chi connectivity index (χ0) is 14.2. The summed E-state index contributed by atoms with van der Waals surface area (Å²) in [6.07, 6.45) is -1.32. The number of carboxylic acid groups (broad SMARTS) is 1. The molecule has 0 unspecified atom stereocenters. The van der Waals surface area contributed by atoms with Crippen molar-refractivity contribution in [2.75, 3.05) is 7.11 Å². The fourth-order valence-corrected chi connectivity index (χ4v) is 2.11. The third kappa shape index (κ3) is 1.94. The topological polar surface area (TPSA) is 93.1 Å². The summed E-state index contributed by atoms with van der Waals surface area (Å²) in [6, 6.07) is 4.58. The molecule has 0 saturated carbocycles. The van der Waals surface area contributed by atoms with Crippen LogP contribution >= 0.6 is 0 Å². The number of hydrogen-bond donors (Lipinski definition) is 2. The fourth-order valence-electron chi connectivity index (χ4n) is 2.11. The third-order valence-electron chi connectivity index (χ3n) is 3.33. The first-order valence-corrected chi connectivity index (χ1v) is 5.78. The van der Waals surface area contributed by atoms with E-state index in [2.05, 4.69) is 0 Å². The highest BCUT2D eigenvalue weighted by atomic mass is 16.6. The second-order valence-electron chi connectivity index (χ2n) is 4.32. The Balaban J connectivity index is 2.53. The first kappa shape index (κ1) is 13.4. The molecule has 102 valence electrons. The molecule has 2 atom stereocenters. The van der Waals surface area contributed by atoms with E-state index in [1.54, 1.807) is 6.07 Å². The van der Waals surface area contributed by atoms with E-state index < -0.39 is 23.6 Å². The smallest absolute Gasteiger partial charge is 0.340 e. The van der Waals surface area contributed by atoms with Gasteiger partial charge in [-0.2, -0.15) is 0 Å². The van der Waals surface area contributed by atoms with E-state index in [4.69, 9.17) is 14.6 Å². The van der Waals surface area contributed by atoms with E-state index in [1.807, 2.05) is 0 Å². The highest BCUT2D eigenvalue weighted by Gasteiger charge is 2.50. The number of fused-ring (bicyclic) bond motifs is 1. The zero-order valence-electron chi connectivity index (χ0n) is 10.5. The summed E-state index contributed by atoms with van der Waals surface area (Å²) >= 11 is 0. The van der Waals surface area contributed by atoms with Crippen molar-refractivity contribution in [1.82, 2.24) is 0 Å². The summed E-state index contributed by atoms with van der Waals surface area (Å²) < 4.78 is 10.1. The van der Waals surface area contributed by atoms with Gasteiger partial charge < -0.3 is 19.7 Å². The lowest BCUT2D eigenvalue weighted by atomic mass is 9.88. The molecule has 0 aromatic heterocycles. The molecule has 0 fully saturated rings. The quantitative estimate of drug-likeness (QED) is 0.793. The maximum absolute atomic E-state index is 11.7. The second-order valence-corrected chi connectivity index (χ2v) is 4.32. The summed E-state index contributed by atoms with van der Waals surface area (Å²) in [5.41, 5.74) is -1.57. The lowest BCUT2D eigenvalue weighted by Crippen LogP contribution is -2.44. The number of carboxylic acids is 1. The molecule has 0 radical (unpaired) electrons. The van der Waals surface area contributed by atoms with Crippen LogP contribution in [0.4, 0.5) is 0 Å². The minimum atomic E-state index is -2.15. The monoisotopic (exact) mass is 266 g/mol. The average molecular weight is 266 g/mol. The molecule has 6 nitrogen and oxygen atoms in total. The molecular formula is C13H14O6. The molecule has 1 heterocycles. The Morgan fingerprint density at radius 2 is 2.21 bits per heavy atom. The van der Waals surface area contributed by atoms with E-state index >= 15 is 0 Å². The zero-order valence-corrected chi connectivity index (χ0v) is 10.5. The van der Waals surface area contributed by atoms with Gasteiger partial charge in [-0.15, -0.1) is 0 Å². The van der Waals surface area contributed by atoms with Crippen LogP contribution in [0, 0.1) is 0 Å². The van der Waals surface area contributed by atoms with Crippen LogP contribution in [0.2, 0.25) is 0 Å². The van der Waals surface area contributed by atoms with Crippen LogP contribution < -0.4 is 4.74 Å². The molecule has 1 aromatic rings. The van der Waals surface area contributed by atoms with Crippen LogP contribution in [0.3, 0.4) is 0 Å². The molecule has 2 N–H and O–H groups in total. The highest BCUT2D eigenvalue weighted by Crippen LogP contribution is 2.41. The van der Waals surface area contributed by atoms with Gasteiger partial charge >= 0.3 is 11.9 Å². The van der Waals surface area contributed by atoms with E-state index in [1.165, 1.54) is 26.2 Å². The van der Waals surface area contributed by atoms with Crippen LogP contribution in [-0.2, 0) is 9.53 Å². The Bertz CT molecular complexity index is 538. The van der Waals surface area contributed by atoms with Crippen molar-refractivity contribution in [3.63, 3.8) is 0 Å². The number of aliphatic carboxylic acids is 1. The van der Waals surface area contributed by atoms with Gasteiger partial charge in [-0.25, -0.2) is 9.59 Å². The number of aliphatic hydroxyl groups is 1. The number of rotatable bonds is 4. The largest absolute Gasteiger partial charge is 0.497 e. The molecule has 0 amide bonds. The molecule has 2 rings (SSSR count). The fraction of sp³-hybridized carbons (Fsp3) is 0.385. The summed E-state index contributed by atoms with van der Waals surface area (Å²) in [4.78, 5) is 22.9. The number of hydrogen-bond acceptors (Lipinski definition) is 5. The van der Waals surface area contributed by atoms with Gasteiger partial charge in [0.15, 0.2) is 6.10 Å². The number of esters is 1. The second kappa shape index (κ2) is 4.55. The van der Waals surface area contributed by atoms with E-state index in [0.717, 1.165) is 0 Å². The van der Waals surface area contributed by atoms with Crippen molar-refractivity contribution in [3.05, 3.63) is 29.3 Å². The Kier molecular flexibility index (Phi) is 3.20. The maximum Gasteiger partial charge on any atom is 0.340 e. The average Bonchev–Trinajstić information content (AvgIpc) is 2.74. The summed E-state index contributed by atoms with van der Waals surface area (Å²) in [7, 11) is 1.46. The van der Waals surface area contributed by atoms with Crippen LogP contribution in [0.25, 0.3) is 0 Å². The third-order valence-corrected chi connectivity index (χ3v) is 3.33. The lowest BCUT2D eigenvalue weighted by molar-refractivity contribution is -0.172. The number of carbonyl (C=O) groups excluding carboxylic acids is 1. The van der Waals surface area contributed by atoms with Crippen molar-refractivity contribution in [2.24, 2.45) is 0 Å². The number of cyclic esters (lactones) is 1. The summed E-state index contributed by atoms with van der Waals surface area (Å²) in [5.74, 6) is -1.61. The van der Waals surface area contributed by atoms with Gasteiger partial charge in [0.1, 0.15) is 5.75 Å². The van der Waals surface area contributed by atoms with Crippen LogP contribution in [0.1, 0.15) is 35.4 Å². The molecule has 1 aromatic carbocycles. The summed E-state index contributed by atoms with van der Waals surface area (Å²) in [5, 5.41) is 19.4. The molecular weight excluding hydrogens is 252 g/mol. The van der Waals surface area contributed by atoms with E-state index in [0.29, 0.717) is 11.3 Å². The van der Waals surface area contributed by atoms with Gasteiger partial charge in [0.25, 0.3) is 0 Å². The molecule has 0 aliphatic carbocycles. The minimum absolute atomic E-state index is 0.0864. The number of ether oxygens (including phenoxy) is 2. The van der Waals surface area contributed by atoms with Crippen LogP contribution in [0.15, 0.2) is 18.2 Å². The Hall–Kier alpha value is -2.08. The van der Waals surface area contributed by atoms with Gasteiger partial charge in [0.2, 0.25) is 5.60 Å². The van der Waals surface area contributed by atoms with Gasteiger partial charge in [0, 0.05) is 5.56 Å². The van der Waals surface area contributed by atoms with Crippen molar-refractivity contribution < 1.29 is 29.3 Å². The first-order valence-electron chi connectivity index (χ1n) is 5.78. The van der Waals surface area contributed by atoms with E-state index in [-0.39, 0.29) is 12.0 Å². The highest BCUT2D eigenvalue weighted by molar-refractivity contribution is 5.95. The Morgan fingerprint density at radius 1 is 1.53 bits per heavy atom. The predicted octanol–water partition coefficient (Wildman–Crippen LogP) is 1.13. The normalized spacial score (nSPS) is 20.4. The van der Waals surface area contributed by atoms with Gasteiger partial charge in [-0.3, -0.25) is 0 Å². The van der Waals surface area contributed by atoms with Crippen molar-refractivity contribution >= 4 is 11.9 Å². The molecule has 1 aliphatic heterocycles. The van der Waals surface area contributed by atoms with Crippen LogP contribution in [-0.4, -0.2) is 34.9 Å². The van der Waals surface area contributed by atoms with Gasteiger partial charge in [0.05, 0.1) is 12.7 Å². The van der Waals surface area contributed by atoms with Crippen molar-refractivity contribution in [2.45, 2.75) is 25.0 Å². The molecule has 6 heteroatoms. The van der Waals surface area contributed by atoms with E-state index in [9.17, 15) is 14.7 Å². The van der Waals surface area contributed by atoms with Crippen molar-refractivity contribution in [3.8, 4) is 5.75 Å². The van der Waals surface area contributed by atoms with Crippen LogP contribution in [0.5, 0.6) is 5.75 Å². The predicted molar refractivity (Wildman–Crippen MR) is 64.0 cm³/mol. The first-order chi connectivity index (χ1) is 8.93. The minimum Gasteiger partial charge on any atom is -0.497 e. The maximum atomic E-state index is 11.7.